The van der Waals surface area contributed by atoms with Gasteiger partial charge in [-0.1, -0.05) is 18.2 Å². The molecule has 0 saturated heterocycles. The van der Waals surface area contributed by atoms with E-state index in [0.717, 1.165) is 30.5 Å². The van der Waals surface area contributed by atoms with Crippen molar-refractivity contribution in [3.63, 3.8) is 0 Å². The minimum Gasteiger partial charge on any atom is -0.343 e. The maximum atomic E-state index is 13.1. The van der Waals surface area contributed by atoms with E-state index in [9.17, 15) is 27.6 Å². The molecule has 4 rings (SSSR count). The van der Waals surface area contributed by atoms with Crippen LogP contribution in [0.15, 0.2) is 48.5 Å². The molecule has 1 fully saturated rings. The Bertz CT molecular complexity index is 1330. The van der Waals surface area contributed by atoms with E-state index in [1.165, 1.54) is 30.7 Å². The molecule has 1 aliphatic carbocycles. The van der Waals surface area contributed by atoms with Crippen LogP contribution in [0.3, 0.4) is 0 Å². The Hall–Kier alpha value is -3.95. The van der Waals surface area contributed by atoms with Gasteiger partial charge in [0, 0.05) is 11.6 Å². The first kappa shape index (κ1) is 25.2. The summed E-state index contributed by atoms with van der Waals surface area (Å²) < 4.78 is 40.6. The molecule has 1 aromatic heterocycles. The Labute approximate surface area is 205 Å². The highest BCUT2D eigenvalue weighted by Crippen LogP contribution is 2.31. The number of rotatable bonds is 7. The van der Waals surface area contributed by atoms with Crippen LogP contribution in [0.2, 0.25) is 0 Å². The van der Waals surface area contributed by atoms with Gasteiger partial charge in [0.2, 0.25) is 5.91 Å². The molecule has 1 aliphatic rings. The minimum absolute atomic E-state index is 0.00823. The third-order valence-corrected chi connectivity index (χ3v) is 6.12. The molecule has 2 amide bonds. The highest BCUT2D eigenvalue weighted by molar-refractivity contribution is 6.43. The van der Waals surface area contributed by atoms with Crippen molar-refractivity contribution in [2.75, 3.05) is 5.32 Å². The van der Waals surface area contributed by atoms with E-state index in [-0.39, 0.29) is 34.5 Å². The summed E-state index contributed by atoms with van der Waals surface area (Å²) in [6.45, 7) is 4.77. The molecule has 10 heteroatoms. The number of anilines is 1. The highest BCUT2D eigenvalue weighted by atomic mass is 19.4. The Morgan fingerprint density at radius 2 is 1.72 bits per heavy atom. The number of Topliss-reactive ketones (excluding diaryl/α,β-unsaturated/α-hetero) is 1. The molecule has 1 atom stereocenters. The standard InChI is InChI=1S/C26H25F3N4O3/c1-14(17-9-11-20(12-10-17)31-24(35)18-7-8-18)30-25(36)23(34)22-15(2)32-33(16(22)3)21-6-4-5-19(13-21)26(27,28)29/h4-6,9-14,18H,7-8H2,1-3H3,(H,30,36)(H,31,35). The Balaban J connectivity index is 1.47. The first-order valence-corrected chi connectivity index (χ1v) is 11.5. The number of carbonyl (C=O) groups is 3. The molecular weight excluding hydrogens is 473 g/mol. The molecular formula is C26H25F3N4O3. The first-order valence-electron chi connectivity index (χ1n) is 11.5. The maximum Gasteiger partial charge on any atom is 0.416 e. The lowest BCUT2D eigenvalue weighted by Gasteiger charge is -2.15. The number of aryl methyl sites for hydroxylation is 1. The summed E-state index contributed by atoms with van der Waals surface area (Å²) in [5, 5.41) is 9.70. The van der Waals surface area contributed by atoms with Crippen LogP contribution in [0.4, 0.5) is 18.9 Å². The molecule has 36 heavy (non-hydrogen) atoms. The van der Waals surface area contributed by atoms with Crippen LogP contribution in [0.25, 0.3) is 5.69 Å². The summed E-state index contributed by atoms with van der Waals surface area (Å²) in [4.78, 5) is 37.6. The lowest BCUT2D eigenvalue weighted by Crippen LogP contribution is -2.33. The number of halogens is 3. The van der Waals surface area contributed by atoms with Crippen molar-refractivity contribution < 1.29 is 27.6 Å². The van der Waals surface area contributed by atoms with Crippen molar-refractivity contribution in [3.05, 3.63) is 76.6 Å². The van der Waals surface area contributed by atoms with E-state index < -0.39 is 29.5 Å². The van der Waals surface area contributed by atoms with Gasteiger partial charge in [0.25, 0.3) is 11.7 Å². The molecule has 0 radical (unpaired) electrons. The van der Waals surface area contributed by atoms with Gasteiger partial charge in [0.05, 0.1) is 34.2 Å². The zero-order valence-electron chi connectivity index (χ0n) is 19.9. The summed E-state index contributed by atoms with van der Waals surface area (Å²) in [5.74, 6) is -1.61. The molecule has 1 unspecified atom stereocenters. The Morgan fingerprint density at radius 1 is 1.06 bits per heavy atom. The van der Waals surface area contributed by atoms with Gasteiger partial charge in [-0.2, -0.15) is 18.3 Å². The molecule has 2 aromatic carbocycles. The van der Waals surface area contributed by atoms with Crippen LogP contribution in [0.1, 0.15) is 58.7 Å². The third kappa shape index (κ3) is 5.32. The predicted molar refractivity (Wildman–Crippen MR) is 127 cm³/mol. The second-order valence-electron chi connectivity index (χ2n) is 8.92. The molecule has 1 heterocycles. The average molecular weight is 499 g/mol. The summed E-state index contributed by atoms with van der Waals surface area (Å²) in [6.07, 6.45) is -2.72. The Morgan fingerprint density at radius 3 is 2.33 bits per heavy atom. The van der Waals surface area contributed by atoms with E-state index in [1.54, 1.807) is 31.2 Å². The van der Waals surface area contributed by atoms with Crippen molar-refractivity contribution in [2.24, 2.45) is 5.92 Å². The fourth-order valence-electron chi connectivity index (χ4n) is 3.94. The van der Waals surface area contributed by atoms with Gasteiger partial charge in [0.15, 0.2) is 0 Å². The molecule has 0 aliphatic heterocycles. The van der Waals surface area contributed by atoms with Gasteiger partial charge in [-0.05, 0) is 69.5 Å². The van der Waals surface area contributed by atoms with Crippen LogP contribution in [0.5, 0.6) is 0 Å². The Kier molecular flexibility index (Phi) is 6.71. The highest BCUT2D eigenvalue weighted by Gasteiger charge is 2.32. The van der Waals surface area contributed by atoms with Gasteiger partial charge in [-0.3, -0.25) is 14.4 Å². The molecule has 0 spiro atoms. The van der Waals surface area contributed by atoms with E-state index >= 15 is 0 Å². The number of hydrogen-bond acceptors (Lipinski definition) is 4. The van der Waals surface area contributed by atoms with Crippen LogP contribution in [-0.2, 0) is 15.8 Å². The summed E-state index contributed by atoms with van der Waals surface area (Å²) in [7, 11) is 0. The maximum absolute atomic E-state index is 13.1. The van der Waals surface area contributed by atoms with Gasteiger partial charge in [-0.25, -0.2) is 4.68 Å². The SMILES string of the molecule is Cc1nn(-c2cccc(C(F)(F)F)c2)c(C)c1C(=O)C(=O)NC(C)c1ccc(NC(=O)C2CC2)cc1. The first-order chi connectivity index (χ1) is 17.0. The smallest absolute Gasteiger partial charge is 0.343 e. The zero-order valence-corrected chi connectivity index (χ0v) is 19.9. The minimum atomic E-state index is -4.53. The average Bonchev–Trinajstić information content (AvgIpc) is 3.64. The number of amides is 2. The van der Waals surface area contributed by atoms with E-state index in [2.05, 4.69) is 15.7 Å². The number of ketones is 1. The molecule has 0 bridgehead atoms. The number of nitrogens with one attached hydrogen (secondary N) is 2. The van der Waals surface area contributed by atoms with Gasteiger partial charge in [-0.15, -0.1) is 0 Å². The lowest BCUT2D eigenvalue weighted by molar-refractivity contribution is -0.137. The monoisotopic (exact) mass is 498 g/mol. The lowest BCUT2D eigenvalue weighted by atomic mass is 10.1. The van der Waals surface area contributed by atoms with E-state index in [1.807, 2.05) is 0 Å². The van der Waals surface area contributed by atoms with Gasteiger partial charge < -0.3 is 10.6 Å². The van der Waals surface area contributed by atoms with Gasteiger partial charge >= 0.3 is 6.18 Å². The fraction of sp³-hybridized carbons (Fsp3) is 0.308. The summed E-state index contributed by atoms with van der Waals surface area (Å²) in [5.41, 5.74) is 1.20. The second-order valence-corrected chi connectivity index (χ2v) is 8.92. The number of nitrogens with zero attached hydrogens (tertiary/aromatic N) is 2. The molecule has 7 nitrogen and oxygen atoms in total. The molecule has 3 aromatic rings. The number of alkyl halides is 3. The fourth-order valence-corrected chi connectivity index (χ4v) is 3.94. The zero-order chi connectivity index (χ0) is 26.2. The van der Waals surface area contributed by atoms with Crippen molar-refractivity contribution in [3.8, 4) is 5.69 Å². The van der Waals surface area contributed by atoms with Crippen LogP contribution in [0, 0.1) is 19.8 Å². The normalized spacial score (nSPS) is 14.3. The van der Waals surface area contributed by atoms with Gasteiger partial charge in [0.1, 0.15) is 0 Å². The van der Waals surface area contributed by atoms with Crippen LogP contribution < -0.4 is 10.6 Å². The number of benzene rings is 2. The number of hydrogen-bond donors (Lipinski definition) is 2. The molecule has 1 saturated carbocycles. The number of aromatic nitrogens is 2. The molecule has 188 valence electrons. The predicted octanol–water partition coefficient (Wildman–Crippen LogP) is 4.92. The van der Waals surface area contributed by atoms with Crippen molar-refractivity contribution in [2.45, 2.75) is 45.8 Å². The van der Waals surface area contributed by atoms with Crippen molar-refractivity contribution >= 4 is 23.3 Å². The quantitative estimate of drug-likeness (QED) is 0.357. The van der Waals surface area contributed by atoms with Crippen molar-refractivity contribution in [1.29, 1.82) is 0 Å². The molecule has 2 N–H and O–H groups in total. The number of carbonyl (C=O) groups excluding carboxylic acids is 3. The van der Waals surface area contributed by atoms with E-state index in [0.29, 0.717) is 5.69 Å². The largest absolute Gasteiger partial charge is 0.416 e. The van der Waals surface area contributed by atoms with Crippen LogP contribution >= 0.6 is 0 Å². The second kappa shape index (κ2) is 9.60. The third-order valence-electron chi connectivity index (χ3n) is 6.12. The summed E-state index contributed by atoms with van der Waals surface area (Å²) >= 11 is 0. The van der Waals surface area contributed by atoms with Crippen molar-refractivity contribution in [1.82, 2.24) is 15.1 Å². The van der Waals surface area contributed by atoms with Crippen LogP contribution in [-0.4, -0.2) is 27.4 Å². The van der Waals surface area contributed by atoms with E-state index in [4.69, 9.17) is 0 Å². The summed E-state index contributed by atoms with van der Waals surface area (Å²) in [6, 6.07) is 11.0. The topological polar surface area (TPSA) is 93.1 Å².